The number of hydrogen-bond acceptors (Lipinski definition) is 4. The summed E-state index contributed by atoms with van der Waals surface area (Å²) in [4.78, 5) is 24.5. The van der Waals surface area contributed by atoms with Crippen molar-refractivity contribution in [3.8, 4) is 0 Å². The third-order valence-corrected chi connectivity index (χ3v) is 2.66. The Morgan fingerprint density at radius 3 is 2.73 bits per heavy atom. The molecule has 1 saturated heterocycles. The van der Waals surface area contributed by atoms with Gasteiger partial charge in [-0.05, 0) is 0 Å². The molecule has 0 aromatic carbocycles. The first-order valence-electron chi connectivity index (χ1n) is 4.76. The SMILES string of the molecule is COC(=O)C1CC(C)(C)C(=O)N1CB=O. The number of carbonyl (C=O) groups is 2. The van der Waals surface area contributed by atoms with Crippen molar-refractivity contribution in [1.29, 1.82) is 0 Å². The molecule has 0 bridgehead atoms. The molecule has 82 valence electrons. The van der Waals surface area contributed by atoms with Crippen molar-refractivity contribution in [3.63, 3.8) is 0 Å². The van der Waals surface area contributed by atoms with E-state index in [1.165, 1.54) is 12.0 Å². The van der Waals surface area contributed by atoms with Crippen molar-refractivity contribution < 1.29 is 19.0 Å². The average molecular weight is 211 g/mol. The van der Waals surface area contributed by atoms with Gasteiger partial charge in [0.15, 0.2) is 0 Å². The average Bonchev–Trinajstić information content (AvgIpc) is 2.41. The molecule has 1 aliphatic heterocycles. The van der Waals surface area contributed by atoms with Crippen LogP contribution in [0, 0.1) is 5.41 Å². The van der Waals surface area contributed by atoms with Gasteiger partial charge in [-0.1, -0.05) is 0 Å². The number of carbonyl (C=O) groups excluding carboxylic acids is 2. The van der Waals surface area contributed by atoms with Gasteiger partial charge in [-0.2, -0.15) is 0 Å². The number of methoxy groups -OCH3 is 1. The Morgan fingerprint density at radius 1 is 1.67 bits per heavy atom. The van der Waals surface area contributed by atoms with E-state index in [1.807, 2.05) is 0 Å². The topological polar surface area (TPSA) is 63.7 Å². The Bertz CT molecular complexity index is 302. The van der Waals surface area contributed by atoms with E-state index in [2.05, 4.69) is 4.74 Å². The second kappa shape index (κ2) is 4.12. The van der Waals surface area contributed by atoms with Crippen molar-refractivity contribution >= 4 is 19.0 Å². The van der Waals surface area contributed by atoms with Gasteiger partial charge >= 0.3 is 88.2 Å². The minimum atomic E-state index is -0.623. The molecule has 1 unspecified atom stereocenters. The maximum atomic E-state index is 11.8. The number of ether oxygens (including phenoxy) is 1. The van der Waals surface area contributed by atoms with Crippen LogP contribution in [-0.4, -0.2) is 43.5 Å². The van der Waals surface area contributed by atoms with Crippen LogP contribution in [0.25, 0.3) is 0 Å². The van der Waals surface area contributed by atoms with Gasteiger partial charge in [0.2, 0.25) is 0 Å². The van der Waals surface area contributed by atoms with Gasteiger partial charge in [0.25, 0.3) is 0 Å². The van der Waals surface area contributed by atoms with Gasteiger partial charge in [0.05, 0.1) is 0 Å². The molecule has 1 aliphatic rings. The number of amides is 1. The first kappa shape index (κ1) is 11.9. The molecule has 0 saturated carbocycles. The molecule has 0 spiro atoms. The zero-order valence-electron chi connectivity index (χ0n) is 9.15. The molecule has 0 radical (unpaired) electrons. The van der Waals surface area contributed by atoms with Crippen LogP contribution < -0.4 is 0 Å². The third kappa shape index (κ3) is 2.08. The van der Waals surface area contributed by atoms with Gasteiger partial charge < -0.3 is 0 Å². The van der Waals surface area contributed by atoms with E-state index in [-0.39, 0.29) is 12.4 Å². The Morgan fingerprint density at radius 2 is 2.27 bits per heavy atom. The predicted octanol–water partition coefficient (Wildman–Crippen LogP) is -0.206. The van der Waals surface area contributed by atoms with E-state index in [0.29, 0.717) is 13.6 Å². The quantitative estimate of drug-likeness (QED) is 0.478. The molecule has 1 rings (SSSR count). The number of hydrogen-bond donors (Lipinski definition) is 0. The second-order valence-electron chi connectivity index (χ2n) is 4.25. The Kier molecular flexibility index (Phi) is 3.26. The molecule has 0 aromatic rings. The molecule has 0 aliphatic carbocycles. The molecule has 0 aromatic heterocycles. The van der Waals surface area contributed by atoms with Gasteiger partial charge in [-0.3, -0.25) is 0 Å². The number of likely N-dealkylation sites (tertiary alicyclic amines) is 1. The van der Waals surface area contributed by atoms with Crippen molar-refractivity contribution in [2.75, 3.05) is 13.6 Å². The van der Waals surface area contributed by atoms with Crippen LogP contribution >= 0.6 is 0 Å². The molecular weight excluding hydrogens is 197 g/mol. The van der Waals surface area contributed by atoms with E-state index in [0.717, 1.165) is 0 Å². The van der Waals surface area contributed by atoms with Crippen molar-refractivity contribution in [3.05, 3.63) is 0 Å². The standard InChI is InChI=1S/C9H14BNO4/c1-9(2)4-6(7(12)15-3)11(5-10-14)8(9)13/h6H,4-5H2,1-3H3. The fourth-order valence-corrected chi connectivity index (χ4v) is 1.85. The monoisotopic (exact) mass is 211 g/mol. The van der Waals surface area contributed by atoms with E-state index in [4.69, 9.17) is 0 Å². The van der Waals surface area contributed by atoms with Crippen molar-refractivity contribution in [2.45, 2.75) is 26.3 Å². The molecule has 1 heterocycles. The Hall–Kier alpha value is -1.20. The summed E-state index contributed by atoms with van der Waals surface area (Å²) < 4.78 is 15.0. The summed E-state index contributed by atoms with van der Waals surface area (Å²) in [6.07, 6.45) is 0.342. The van der Waals surface area contributed by atoms with E-state index >= 15 is 0 Å². The van der Waals surface area contributed by atoms with Crippen LogP contribution in [0.4, 0.5) is 0 Å². The third-order valence-electron chi connectivity index (χ3n) is 2.66. The Balaban J connectivity index is 2.92. The van der Waals surface area contributed by atoms with Crippen LogP contribution in [0.2, 0.25) is 0 Å². The summed E-state index contributed by atoms with van der Waals surface area (Å²) in [6, 6.07) is -0.623. The fourth-order valence-electron chi connectivity index (χ4n) is 1.85. The maximum absolute atomic E-state index is 11.8. The van der Waals surface area contributed by atoms with E-state index in [1.54, 1.807) is 13.8 Å². The zero-order chi connectivity index (χ0) is 11.6. The van der Waals surface area contributed by atoms with E-state index < -0.39 is 17.4 Å². The van der Waals surface area contributed by atoms with Gasteiger partial charge in [-0.25, -0.2) is 0 Å². The number of esters is 1. The molecule has 6 heteroatoms. The molecule has 0 N–H and O–H groups in total. The van der Waals surface area contributed by atoms with Crippen LogP contribution in [-0.2, 0) is 19.0 Å². The molecule has 15 heavy (non-hydrogen) atoms. The summed E-state index contributed by atoms with van der Waals surface area (Å²) in [5, 5.41) is 0. The minimum absolute atomic E-state index is 0.0535. The zero-order valence-corrected chi connectivity index (χ0v) is 9.15. The molecule has 1 atom stereocenters. The van der Waals surface area contributed by atoms with Crippen molar-refractivity contribution in [1.82, 2.24) is 4.90 Å². The fraction of sp³-hybridized carbons (Fsp3) is 0.778. The molecule has 5 nitrogen and oxygen atoms in total. The summed E-state index contributed by atoms with van der Waals surface area (Å²) in [7, 11) is 1.90. The molecule has 1 amide bonds. The summed E-state index contributed by atoms with van der Waals surface area (Å²) in [6.45, 7) is 3.52. The first-order valence-corrected chi connectivity index (χ1v) is 4.76. The molecule has 1 fully saturated rings. The van der Waals surface area contributed by atoms with Crippen LogP contribution in [0.5, 0.6) is 0 Å². The summed E-state index contributed by atoms with van der Waals surface area (Å²) in [5.74, 6) is -0.638. The first-order chi connectivity index (χ1) is 6.94. The van der Waals surface area contributed by atoms with E-state index in [9.17, 15) is 14.3 Å². The second-order valence-corrected chi connectivity index (χ2v) is 4.25. The Labute approximate surface area is 89.0 Å². The van der Waals surface area contributed by atoms with Crippen molar-refractivity contribution in [2.24, 2.45) is 5.41 Å². The normalized spacial score (nSPS) is 23.8. The van der Waals surface area contributed by atoms with Crippen LogP contribution in [0.1, 0.15) is 20.3 Å². The number of nitrogens with zero attached hydrogens (tertiary/aromatic N) is 1. The van der Waals surface area contributed by atoms with Gasteiger partial charge in [0, 0.05) is 0 Å². The van der Waals surface area contributed by atoms with Gasteiger partial charge in [0.1, 0.15) is 0 Å². The summed E-state index contributed by atoms with van der Waals surface area (Å²) in [5.41, 5.74) is -0.595. The summed E-state index contributed by atoms with van der Waals surface area (Å²) >= 11 is 0. The van der Waals surface area contributed by atoms with Crippen LogP contribution in [0.3, 0.4) is 0 Å². The van der Waals surface area contributed by atoms with Gasteiger partial charge in [-0.15, -0.1) is 0 Å². The van der Waals surface area contributed by atoms with Crippen LogP contribution in [0.15, 0.2) is 0 Å². The predicted molar refractivity (Wildman–Crippen MR) is 52.4 cm³/mol. The number of rotatable bonds is 3. The molecular formula is C9H14BNO4.